The first-order valence-corrected chi connectivity index (χ1v) is 7.56. The Bertz CT molecular complexity index is 621. The van der Waals surface area contributed by atoms with Gasteiger partial charge in [0.2, 0.25) is 0 Å². The lowest BCUT2D eigenvalue weighted by Gasteiger charge is -2.27. The fourth-order valence-corrected chi connectivity index (χ4v) is 2.69. The minimum absolute atomic E-state index is 0.00379. The number of amides is 1. The van der Waals surface area contributed by atoms with E-state index in [2.05, 4.69) is 10.2 Å². The van der Waals surface area contributed by atoms with Gasteiger partial charge in [-0.3, -0.25) is 9.36 Å². The number of hydrogen-bond donors (Lipinski definition) is 0. The first-order chi connectivity index (χ1) is 10.7. The molecule has 116 valence electrons. The molecule has 1 amide bonds. The van der Waals surface area contributed by atoms with Crippen molar-refractivity contribution >= 4 is 5.91 Å². The van der Waals surface area contributed by atoms with E-state index in [-0.39, 0.29) is 12.0 Å². The number of benzene rings is 1. The Morgan fingerprint density at radius 3 is 2.91 bits per heavy atom. The molecule has 0 aliphatic carbocycles. The van der Waals surface area contributed by atoms with Crippen molar-refractivity contribution in [3.05, 3.63) is 42.5 Å². The average molecular weight is 300 g/mol. The Labute approximate surface area is 129 Å². The molecule has 2 heterocycles. The summed E-state index contributed by atoms with van der Waals surface area (Å²) in [4.78, 5) is 14.3. The monoisotopic (exact) mass is 300 g/mol. The highest BCUT2D eigenvalue weighted by Gasteiger charge is 2.19. The van der Waals surface area contributed by atoms with Gasteiger partial charge < -0.3 is 9.64 Å². The molecular formula is C16H20N4O2. The van der Waals surface area contributed by atoms with Gasteiger partial charge in [-0.15, -0.1) is 10.2 Å². The Hall–Kier alpha value is -2.21. The van der Waals surface area contributed by atoms with Crippen LogP contribution in [-0.2, 0) is 4.74 Å². The quantitative estimate of drug-likeness (QED) is 0.865. The molecule has 3 rings (SSSR count). The number of rotatable bonds is 4. The van der Waals surface area contributed by atoms with Crippen LogP contribution >= 0.6 is 0 Å². The molecule has 6 nitrogen and oxygen atoms in total. The van der Waals surface area contributed by atoms with Crippen LogP contribution in [0.15, 0.2) is 36.9 Å². The second kappa shape index (κ2) is 6.70. The average Bonchev–Trinajstić information content (AvgIpc) is 3.10. The number of carbonyl (C=O) groups excluding carboxylic acids is 1. The maximum absolute atomic E-state index is 12.6. The minimum Gasteiger partial charge on any atom is -0.376 e. The summed E-state index contributed by atoms with van der Waals surface area (Å²) in [6.45, 7) is 1.44. The van der Waals surface area contributed by atoms with Crippen LogP contribution in [0.5, 0.6) is 0 Å². The van der Waals surface area contributed by atoms with Gasteiger partial charge in [0.05, 0.1) is 6.10 Å². The summed E-state index contributed by atoms with van der Waals surface area (Å²) in [7, 11) is 1.83. The number of ether oxygens (including phenoxy) is 1. The van der Waals surface area contributed by atoms with Crippen molar-refractivity contribution in [3.63, 3.8) is 0 Å². The third kappa shape index (κ3) is 3.33. The lowest BCUT2D eigenvalue weighted by Crippen LogP contribution is -2.37. The molecule has 2 aromatic rings. The van der Waals surface area contributed by atoms with Crippen LogP contribution in [0.1, 0.15) is 29.6 Å². The summed E-state index contributed by atoms with van der Waals surface area (Å²) in [5.74, 6) is 0.00379. The molecule has 1 aliphatic rings. The van der Waals surface area contributed by atoms with E-state index >= 15 is 0 Å². The first kappa shape index (κ1) is 14.7. The molecule has 0 bridgehead atoms. The van der Waals surface area contributed by atoms with Crippen molar-refractivity contribution in [1.29, 1.82) is 0 Å². The van der Waals surface area contributed by atoms with Crippen LogP contribution in [-0.4, -0.2) is 51.9 Å². The van der Waals surface area contributed by atoms with E-state index in [1.54, 1.807) is 22.1 Å². The lowest BCUT2D eigenvalue weighted by molar-refractivity contribution is -0.000187. The summed E-state index contributed by atoms with van der Waals surface area (Å²) in [5, 5.41) is 7.57. The smallest absolute Gasteiger partial charge is 0.253 e. The standard InChI is InChI=1S/C16H20N4O2/c1-19(10-15-7-2-3-8-22-15)16(21)13-5-4-6-14(9-13)20-11-17-18-12-20/h4-6,9,11-12,15H,2-3,7-8,10H2,1H3. The highest BCUT2D eigenvalue weighted by Crippen LogP contribution is 2.16. The van der Waals surface area contributed by atoms with Crippen LogP contribution in [0.3, 0.4) is 0 Å². The molecule has 1 aromatic carbocycles. The van der Waals surface area contributed by atoms with Gasteiger partial charge in [0.1, 0.15) is 12.7 Å². The van der Waals surface area contributed by atoms with Crippen molar-refractivity contribution < 1.29 is 9.53 Å². The molecule has 0 N–H and O–H groups in total. The van der Waals surface area contributed by atoms with Gasteiger partial charge in [0.15, 0.2) is 0 Å². The molecule has 0 radical (unpaired) electrons. The second-order valence-corrected chi connectivity index (χ2v) is 5.59. The molecule has 1 aromatic heterocycles. The van der Waals surface area contributed by atoms with Crippen molar-refractivity contribution in [2.75, 3.05) is 20.2 Å². The molecule has 0 saturated carbocycles. The van der Waals surface area contributed by atoms with Crippen molar-refractivity contribution in [2.45, 2.75) is 25.4 Å². The zero-order chi connectivity index (χ0) is 15.4. The molecule has 1 unspecified atom stereocenters. The highest BCUT2D eigenvalue weighted by atomic mass is 16.5. The van der Waals surface area contributed by atoms with Gasteiger partial charge in [-0.1, -0.05) is 6.07 Å². The number of likely N-dealkylation sites (N-methyl/N-ethyl adjacent to an activating group) is 1. The third-order valence-corrected chi connectivity index (χ3v) is 3.91. The van der Waals surface area contributed by atoms with Crippen LogP contribution < -0.4 is 0 Å². The van der Waals surface area contributed by atoms with E-state index in [1.807, 2.05) is 31.3 Å². The molecule has 1 aliphatic heterocycles. The fourth-order valence-electron chi connectivity index (χ4n) is 2.69. The van der Waals surface area contributed by atoms with Crippen molar-refractivity contribution in [1.82, 2.24) is 19.7 Å². The SMILES string of the molecule is CN(CC1CCCCO1)C(=O)c1cccc(-n2cnnc2)c1. The highest BCUT2D eigenvalue weighted by molar-refractivity contribution is 5.94. The molecule has 1 atom stereocenters. The summed E-state index contributed by atoms with van der Waals surface area (Å²) >= 11 is 0. The van der Waals surface area contributed by atoms with Gasteiger partial charge in [-0.2, -0.15) is 0 Å². The van der Waals surface area contributed by atoms with Crippen LogP contribution in [0.4, 0.5) is 0 Å². The zero-order valence-corrected chi connectivity index (χ0v) is 12.7. The molecular weight excluding hydrogens is 280 g/mol. The van der Waals surface area contributed by atoms with Crippen LogP contribution in [0.25, 0.3) is 5.69 Å². The summed E-state index contributed by atoms with van der Waals surface area (Å²) in [6.07, 6.45) is 6.71. The van der Waals surface area contributed by atoms with E-state index in [9.17, 15) is 4.79 Å². The molecule has 6 heteroatoms. The Kier molecular flexibility index (Phi) is 4.48. The maximum atomic E-state index is 12.6. The summed E-state index contributed by atoms with van der Waals surface area (Å²) in [6, 6.07) is 7.47. The topological polar surface area (TPSA) is 60.2 Å². The van der Waals surface area contributed by atoms with E-state index in [0.717, 1.165) is 25.1 Å². The van der Waals surface area contributed by atoms with Crippen LogP contribution in [0, 0.1) is 0 Å². The summed E-state index contributed by atoms with van der Waals surface area (Å²) in [5.41, 5.74) is 1.53. The molecule has 1 fully saturated rings. The molecule has 1 saturated heterocycles. The van der Waals surface area contributed by atoms with E-state index in [4.69, 9.17) is 4.74 Å². The zero-order valence-electron chi connectivity index (χ0n) is 12.7. The second-order valence-electron chi connectivity index (χ2n) is 5.59. The predicted octanol–water partition coefficient (Wildman–Crippen LogP) is 1.91. The summed E-state index contributed by atoms with van der Waals surface area (Å²) < 4.78 is 7.48. The van der Waals surface area contributed by atoms with E-state index in [0.29, 0.717) is 12.1 Å². The van der Waals surface area contributed by atoms with E-state index < -0.39 is 0 Å². The van der Waals surface area contributed by atoms with Gasteiger partial charge in [-0.25, -0.2) is 0 Å². The minimum atomic E-state index is 0.00379. The third-order valence-electron chi connectivity index (χ3n) is 3.91. The Balaban J connectivity index is 1.70. The van der Waals surface area contributed by atoms with Crippen LogP contribution in [0.2, 0.25) is 0 Å². The van der Waals surface area contributed by atoms with Crippen molar-refractivity contribution in [2.24, 2.45) is 0 Å². The van der Waals surface area contributed by atoms with Gasteiger partial charge in [0.25, 0.3) is 5.91 Å². The first-order valence-electron chi connectivity index (χ1n) is 7.56. The number of hydrogen-bond acceptors (Lipinski definition) is 4. The number of aromatic nitrogens is 3. The molecule has 22 heavy (non-hydrogen) atoms. The maximum Gasteiger partial charge on any atom is 0.253 e. The number of nitrogens with zero attached hydrogens (tertiary/aromatic N) is 4. The predicted molar refractivity (Wildman–Crippen MR) is 81.9 cm³/mol. The number of carbonyl (C=O) groups is 1. The van der Waals surface area contributed by atoms with Gasteiger partial charge in [0, 0.05) is 31.5 Å². The molecule has 0 spiro atoms. The normalized spacial score (nSPS) is 18.1. The lowest BCUT2D eigenvalue weighted by atomic mass is 10.1. The van der Waals surface area contributed by atoms with Gasteiger partial charge >= 0.3 is 0 Å². The van der Waals surface area contributed by atoms with Gasteiger partial charge in [-0.05, 0) is 37.5 Å². The Morgan fingerprint density at radius 1 is 1.36 bits per heavy atom. The van der Waals surface area contributed by atoms with Crippen molar-refractivity contribution in [3.8, 4) is 5.69 Å². The largest absolute Gasteiger partial charge is 0.376 e. The van der Waals surface area contributed by atoms with E-state index in [1.165, 1.54) is 6.42 Å². The fraction of sp³-hybridized carbons (Fsp3) is 0.438. The Morgan fingerprint density at radius 2 is 2.18 bits per heavy atom.